The first-order chi connectivity index (χ1) is 12.6. The summed E-state index contributed by atoms with van der Waals surface area (Å²) in [5, 5.41) is 11.4. The van der Waals surface area contributed by atoms with Crippen LogP contribution in [0.25, 0.3) is 10.9 Å². The van der Waals surface area contributed by atoms with E-state index >= 15 is 0 Å². The smallest absolute Gasteiger partial charge is 0.277 e. The number of amides is 1. The molecule has 26 heavy (non-hydrogen) atoms. The summed E-state index contributed by atoms with van der Waals surface area (Å²) in [6.45, 7) is 2.16. The highest BCUT2D eigenvalue weighted by molar-refractivity contribution is 5.79. The molecule has 6 nitrogen and oxygen atoms in total. The van der Waals surface area contributed by atoms with Crippen molar-refractivity contribution in [2.45, 2.75) is 32.4 Å². The van der Waals surface area contributed by atoms with Gasteiger partial charge < -0.3 is 5.32 Å². The molecule has 0 radical (unpaired) electrons. The van der Waals surface area contributed by atoms with Gasteiger partial charge in [-0.15, -0.1) is 5.10 Å². The van der Waals surface area contributed by atoms with Crippen LogP contribution < -0.4 is 10.9 Å². The molecule has 0 unspecified atom stereocenters. The maximum Gasteiger partial charge on any atom is 0.277 e. The average molecular weight is 354 g/mol. The van der Waals surface area contributed by atoms with Crippen LogP contribution in [0.2, 0.25) is 0 Å². The van der Waals surface area contributed by atoms with E-state index in [1.54, 1.807) is 36.4 Å². The molecule has 0 aliphatic heterocycles. The monoisotopic (exact) mass is 354 g/mol. The highest BCUT2D eigenvalue weighted by atomic mass is 19.1. The zero-order valence-electron chi connectivity index (χ0n) is 14.4. The number of hydrogen-bond acceptors (Lipinski definition) is 4. The van der Waals surface area contributed by atoms with E-state index in [2.05, 4.69) is 15.6 Å². The zero-order chi connectivity index (χ0) is 18.5. The second kappa shape index (κ2) is 7.86. The van der Waals surface area contributed by atoms with Gasteiger partial charge in [0.2, 0.25) is 5.91 Å². The van der Waals surface area contributed by atoms with E-state index in [4.69, 9.17) is 0 Å². The van der Waals surface area contributed by atoms with E-state index in [-0.39, 0.29) is 36.3 Å². The first kappa shape index (κ1) is 17.7. The van der Waals surface area contributed by atoms with Gasteiger partial charge in [0.15, 0.2) is 0 Å². The topological polar surface area (TPSA) is 76.9 Å². The average Bonchev–Trinajstić information content (AvgIpc) is 2.65. The molecule has 0 aliphatic carbocycles. The van der Waals surface area contributed by atoms with Crippen molar-refractivity contribution in [3.05, 3.63) is 70.3 Å². The Balaban J connectivity index is 1.69. The Morgan fingerprint density at radius 1 is 1.19 bits per heavy atom. The molecular formula is C19H19FN4O2. The minimum atomic E-state index is -0.338. The number of hydrogen-bond donors (Lipinski definition) is 1. The number of nitrogens with one attached hydrogen (secondary N) is 1. The molecule has 0 fully saturated rings. The molecular weight excluding hydrogens is 335 g/mol. The van der Waals surface area contributed by atoms with E-state index in [1.807, 2.05) is 6.92 Å². The Bertz CT molecular complexity index is 969. The maximum atomic E-state index is 12.9. The van der Waals surface area contributed by atoms with Crippen molar-refractivity contribution in [3.8, 4) is 0 Å². The number of fused-ring (bicyclic) bond motifs is 1. The van der Waals surface area contributed by atoms with Crippen LogP contribution in [-0.4, -0.2) is 26.9 Å². The maximum absolute atomic E-state index is 12.9. The Morgan fingerprint density at radius 3 is 2.65 bits per heavy atom. The Kier molecular flexibility index (Phi) is 5.36. The van der Waals surface area contributed by atoms with Crippen molar-refractivity contribution in [1.29, 1.82) is 0 Å². The largest absolute Gasteiger partial charge is 0.351 e. The molecule has 0 aliphatic rings. The third-order valence-electron chi connectivity index (χ3n) is 4.16. The van der Waals surface area contributed by atoms with E-state index in [1.165, 1.54) is 16.8 Å². The molecule has 1 N–H and O–H groups in total. The third-order valence-corrected chi connectivity index (χ3v) is 4.16. The molecule has 0 saturated carbocycles. The normalized spacial score (nSPS) is 12.1. The van der Waals surface area contributed by atoms with Gasteiger partial charge in [-0.05, 0) is 36.2 Å². The second-order valence-electron chi connectivity index (χ2n) is 6.07. The van der Waals surface area contributed by atoms with Crippen molar-refractivity contribution in [1.82, 2.24) is 20.3 Å². The van der Waals surface area contributed by atoms with Gasteiger partial charge in [0, 0.05) is 6.04 Å². The molecule has 0 spiro atoms. The van der Waals surface area contributed by atoms with Crippen molar-refractivity contribution in [2.24, 2.45) is 0 Å². The van der Waals surface area contributed by atoms with Crippen LogP contribution in [0.3, 0.4) is 0 Å². The molecule has 134 valence electrons. The summed E-state index contributed by atoms with van der Waals surface area (Å²) in [7, 11) is 0. The van der Waals surface area contributed by atoms with Crippen molar-refractivity contribution >= 4 is 16.8 Å². The molecule has 3 aromatic rings. The quantitative estimate of drug-likeness (QED) is 0.735. The Hall–Kier alpha value is -3.09. The van der Waals surface area contributed by atoms with Crippen LogP contribution in [0.15, 0.2) is 53.3 Å². The van der Waals surface area contributed by atoms with E-state index in [0.29, 0.717) is 17.3 Å². The fourth-order valence-electron chi connectivity index (χ4n) is 2.69. The lowest BCUT2D eigenvalue weighted by molar-refractivity contribution is -0.121. The van der Waals surface area contributed by atoms with E-state index < -0.39 is 0 Å². The number of halogens is 1. The summed E-state index contributed by atoms with van der Waals surface area (Å²) in [4.78, 5) is 24.7. The van der Waals surface area contributed by atoms with Crippen molar-refractivity contribution in [2.75, 3.05) is 0 Å². The highest BCUT2D eigenvalue weighted by Crippen LogP contribution is 2.06. The van der Waals surface area contributed by atoms with Crippen LogP contribution in [-0.2, 0) is 17.8 Å². The molecule has 1 heterocycles. The molecule has 0 bridgehead atoms. The molecule has 1 atom stereocenters. The lowest BCUT2D eigenvalue weighted by atomic mass is 10.1. The van der Waals surface area contributed by atoms with Crippen molar-refractivity contribution in [3.63, 3.8) is 0 Å². The van der Waals surface area contributed by atoms with Crippen molar-refractivity contribution < 1.29 is 9.18 Å². The summed E-state index contributed by atoms with van der Waals surface area (Å²) in [5.74, 6) is -0.528. The zero-order valence-corrected chi connectivity index (χ0v) is 14.4. The molecule has 1 aromatic heterocycles. The van der Waals surface area contributed by atoms with Gasteiger partial charge in [0.1, 0.15) is 11.3 Å². The van der Waals surface area contributed by atoms with Gasteiger partial charge in [-0.1, -0.05) is 36.4 Å². The minimum Gasteiger partial charge on any atom is -0.351 e. The van der Waals surface area contributed by atoms with Gasteiger partial charge in [-0.2, -0.15) is 0 Å². The minimum absolute atomic E-state index is 0.148. The lowest BCUT2D eigenvalue weighted by Gasteiger charge is -2.17. The first-order valence-corrected chi connectivity index (χ1v) is 8.43. The fourth-order valence-corrected chi connectivity index (χ4v) is 2.69. The van der Waals surface area contributed by atoms with Gasteiger partial charge in [0.05, 0.1) is 18.4 Å². The van der Waals surface area contributed by atoms with Crippen LogP contribution in [0.1, 0.15) is 18.9 Å². The summed E-state index contributed by atoms with van der Waals surface area (Å²) in [6, 6.07) is 12.6. The number of aromatic nitrogens is 3. The lowest BCUT2D eigenvalue weighted by Crippen LogP contribution is -2.41. The number of nitrogens with zero attached hydrogens (tertiary/aromatic N) is 3. The SMILES string of the molecule is CC[C@H](Cn1nnc2ccccc2c1=O)NC(=O)Cc1ccc(F)cc1. The number of rotatable bonds is 6. The number of benzene rings is 2. The summed E-state index contributed by atoms with van der Waals surface area (Å²) >= 11 is 0. The Labute approximate surface area is 149 Å². The van der Waals surface area contributed by atoms with Crippen LogP contribution in [0.5, 0.6) is 0 Å². The third kappa shape index (κ3) is 4.11. The van der Waals surface area contributed by atoms with Gasteiger partial charge >= 0.3 is 0 Å². The van der Waals surface area contributed by atoms with Gasteiger partial charge in [-0.25, -0.2) is 9.07 Å². The van der Waals surface area contributed by atoms with Gasteiger partial charge in [-0.3, -0.25) is 9.59 Å². The second-order valence-corrected chi connectivity index (χ2v) is 6.07. The van der Waals surface area contributed by atoms with E-state index in [9.17, 15) is 14.0 Å². The Morgan fingerprint density at radius 2 is 1.92 bits per heavy atom. The van der Waals surface area contributed by atoms with Crippen LogP contribution in [0.4, 0.5) is 4.39 Å². The highest BCUT2D eigenvalue weighted by Gasteiger charge is 2.14. The van der Waals surface area contributed by atoms with Crippen LogP contribution in [0, 0.1) is 5.82 Å². The molecule has 1 amide bonds. The summed E-state index contributed by atoms with van der Waals surface area (Å²) < 4.78 is 14.2. The number of carbonyl (C=O) groups is 1. The van der Waals surface area contributed by atoms with Gasteiger partial charge in [0.25, 0.3) is 5.56 Å². The number of carbonyl (C=O) groups excluding carboxylic acids is 1. The molecule has 2 aromatic carbocycles. The van der Waals surface area contributed by atoms with E-state index in [0.717, 1.165) is 5.56 Å². The summed E-state index contributed by atoms with van der Waals surface area (Å²) in [5.41, 5.74) is 1.03. The molecule has 7 heteroatoms. The first-order valence-electron chi connectivity index (χ1n) is 8.43. The summed E-state index contributed by atoms with van der Waals surface area (Å²) in [6.07, 6.45) is 0.783. The molecule has 0 saturated heterocycles. The standard InChI is InChI=1S/C19H19FN4O2/c1-2-15(21-18(25)11-13-7-9-14(20)10-8-13)12-24-19(26)16-5-3-4-6-17(16)22-23-24/h3-10,15H,2,11-12H2,1H3,(H,21,25)/t15-/m1/s1. The predicted molar refractivity (Wildman–Crippen MR) is 96.1 cm³/mol. The predicted octanol–water partition coefficient (Wildman–Crippen LogP) is 2.07. The molecule has 3 rings (SSSR count). The fraction of sp³-hybridized carbons (Fsp3) is 0.263. The van der Waals surface area contributed by atoms with Crippen LogP contribution >= 0.6 is 0 Å².